The van der Waals surface area contributed by atoms with Crippen molar-refractivity contribution in [2.45, 2.75) is 6.92 Å². The van der Waals surface area contributed by atoms with Gasteiger partial charge in [-0.3, -0.25) is 4.79 Å². The third kappa shape index (κ3) is 3.04. The molecular formula is C10H16N4O3S2. The van der Waals surface area contributed by atoms with Crippen molar-refractivity contribution >= 4 is 32.4 Å². The molecule has 1 aliphatic rings. The molecule has 0 atom stereocenters. The minimum Gasteiger partial charge on any atom is -0.375 e. The van der Waals surface area contributed by atoms with Gasteiger partial charge in [-0.05, 0) is 6.92 Å². The van der Waals surface area contributed by atoms with Crippen molar-refractivity contribution in [1.82, 2.24) is 14.2 Å². The lowest BCUT2D eigenvalue weighted by atomic mass is 10.3. The van der Waals surface area contributed by atoms with Gasteiger partial charge < -0.3 is 10.6 Å². The first kappa shape index (κ1) is 14.2. The summed E-state index contributed by atoms with van der Waals surface area (Å²) < 4.78 is 24.2. The number of nitrogens with zero attached hydrogens (tertiary/aromatic N) is 3. The van der Waals surface area contributed by atoms with Crippen LogP contribution in [0.25, 0.3) is 0 Å². The molecule has 19 heavy (non-hydrogen) atoms. The van der Waals surface area contributed by atoms with Crippen LogP contribution < -0.4 is 5.73 Å². The van der Waals surface area contributed by atoms with Crippen LogP contribution in [0.2, 0.25) is 0 Å². The molecule has 0 radical (unpaired) electrons. The second-order valence-corrected chi connectivity index (χ2v) is 7.43. The predicted octanol–water partition coefficient (Wildman–Crippen LogP) is -0.249. The van der Waals surface area contributed by atoms with Crippen molar-refractivity contribution < 1.29 is 13.2 Å². The molecule has 1 aromatic heterocycles. The van der Waals surface area contributed by atoms with Crippen molar-refractivity contribution in [3.05, 3.63) is 10.6 Å². The van der Waals surface area contributed by atoms with E-state index < -0.39 is 10.0 Å². The summed E-state index contributed by atoms with van der Waals surface area (Å²) in [5, 5.41) is 0.371. The molecule has 1 aliphatic heterocycles. The van der Waals surface area contributed by atoms with Crippen LogP contribution in [0.3, 0.4) is 0 Å². The number of nitrogens with two attached hydrogens (primary N) is 1. The summed E-state index contributed by atoms with van der Waals surface area (Å²) in [5.74, 6) is -0.125. The smallest absolute Gasteiger partial charge is 0.266 e. The first-order chi connectivity index (χ1) is 8.79. The van der Waals surface area contributed by atoms with E-state index in [-0.39, 0.29) is 5.91 Å². The number of hydrogen-bond acceptors (Lipinski definition) is 6. The fraction of sp³-hybridized carbons (Fsp3) is 0.600. The summed E-state index contributed by atoms with van der Waals surface area (Å²) in [6.07, 6.45) is 1.18. The Morgan fingerprint density at radius 3 is 2.32 bits per heavy atom. The Bertz CT molecular complexity index is 588. The molecule has 1 amide bonds. The highest BCUT2D eigenvalue weighted by atomic mass is 32.2. The van der Waals surface area contributed by atoms with Crippen molar-refractivity contribution in [3.63, 3.8) is 0 Å². The molecule has 106 valence electrons. The van der Waals surface area contributed by atoms with E-state index in [0.29, 0.717) is 41.9 Å². The van der Waals surface area contributed by atoms with Crippen molar-refractivity contribution in [2.24, 2.45) is 0 Å². The third-order valence-electron chi connectivity index (χ3n) is 3.00. The van der Waals surface area contributed by atoms with E-state index in [1.807, 2.05) is 0 Å². The first-order valence-corrected chi connectivity index (χ1v) is 8.43. The van der Waals surface area contributed by atoms with Crippen LogP contribution in [0.4, 0.5) is 5.13 Å². The molecule has 7 nitrogen and oxygen atoms in total. The molecule has 0 spiro atoms. The summed E-state index contributed by atoms with van der Waals surface area (Å²) in [5.41, 5.74) is 6.20. The average molecular weight is 304 g/mol. The number of nitrogen functional groups attached to an aromatic ring is 1. The molecule has 0 aromatic carbocycles. The minimum absolute atomic E-state index is 0.125. The maximum atomic E-state index is 12.3. The standard InChI is InChI=1S/C10H16N4O3S2/c1-7-8(18-10(11)12-7)9(15)13-3-5-14(6-4-13)19(2,16)17/h3-6H2,1-2H3,(H2,11,12). The molecule has 1 aromatic rings. The molecule has 0 aliphatic carbocycles. The van der Waals surface area contributed by atoms with Crippen LogP contribution in [0.5, 0.6) is 0 Å². The number of carbonyl (C=O) groups excluding carboxylic acids is 1. The van der Waals surface area contributed by atoms with Gasteiger partial charge in [0, 0.05) is 26.2 Å². The van der Waals surface area contributed by atoms with Gasteiger partial charge in [0.25, 0.3) is 5.91 Å². The number of anilines is 1. The van der Waals surface area contributed by atoms with E-state index in [2.05, 4.69) is 4.98 Å². The van der Waals surface area contributed by atoms with E-state index in [1.165, 1.54) is 21.9 Å². The lowest BCUT2D eigenvalue weighted by molar-refractivity contribution is 0.0702. The summed E-state index contributed by atoms with van der Waals surface area (Å²) in [4.78, 5) is 18.5. The number of piperazine rings is 1. The molecule has 2 N–H and O–H groups in total. The van der Waals surface area contributed by atoms with Crippen molar-refractivity contribution in [1.29, 1.82) is 0 Å². The number of rotatable bonds is 2. The largest absolute Gasteiger partial charge is 0.375 e. The van der Waals surface area contributed by atoms with E-state index >= 15 is 0 Å². The van der Waals surface area contributed by atoms with Gasteiger partial charge in [0.05, 0.1) is 11.9 Å². The predicted molar refractivity (Wildman–Crippen MR) is 73.6 cm³/mol. The maximum Gasteiger partial charge on any atom is 0.266 e. The van der Waals surface area contributed by atoms with Crippen LogP contribution in [0.1, 0.15) is 15.4 Å². The summed E-state index contributed by atoms with van der Waals surface area (Å²) >= 11 is 1.17. The highest BCUT2D eigenvalue weighted by molar-refractivity contribution is 7.88. The fourth-order valence-corrected chi connectivity index (χ4v) is 3.61. The summed E-state index contributed by atoms with van der Waals surface area (Å²) in [7, 11) is -3.18. The van der Waals surface area contributed by atoms with Crippen LogP contribution >= 0.6 is 11.3 Å². The quantitative estimate of drug-likeness (QED) is 0.813. The van der Waals surface area contributed by atoms with Crippen molar-refractivity contribution in [3.8, 4) is 0 Å². The Morgan fingerprint density at radius 1 is 1.32 bits per heavy atom. The number of amides is 1. The number of carbonyl (C=O) groups is 1. The van der Waals surface area contributed by atoms with Crippen LogP contribution in [0.15, 0.2) is 0 Å². The fourth-order valence-electron chi connectivity index (χ4n) is 1.98. The van der Waals surface area contributed by atoms with Crippen LogP contribution in [-0.4, -0.2) is 60.9 Å². The van der Waals surface area contributed by atoms with Crippen molar-refractivity contribution in [2.75, 3.05) is 38.2 Å². The SMILES string of the molecule is Cc1nc(N)sc1C(=O)N1CCN(S(C)(=O)=O)CC1. The van der Waals surface area contributed by atoms with Crippen LogP contribution in [-0.2, 0) is 10.0 Å². The number of aromatic nitrogens is 1. The topological polar surface area (TPSA) is 96.6 Å². The van der Waals surface area contributed by atoms with E-state index in [4.69, 9.17) is 5.73 Å². The highest BCUT2D eigenvalue weighted by Crippen LogP contribution is 2.22. The monoisotopic (exact) mass is 304 g/mol. The van der Waals surface area contributed by atoms with E-state index in [1.54, 1.807) is 11.8 Å². The molecule has 1 saturated heterocycles. The number of thiazole rings is 1. The van der Waals surface area contributed by atoms with Gasteiger partial charge in [0.1, 0.15) is 4.88 Å². The minimum atomic E-state index is -3.18. The van der Waals surface area contributed by atoms with Crippen LogP contribution in [0, 0.1) is 6.92 Å². The Hall–Kier alpha value is -1.19. The molecule has 0 saturated carbocycles. The van der Waals surface area contributed by atoms with Gasteiger partial charge in [-0.1, -0.05) is 11.3 Å². The second-order valence-electron chi connectivity index (χ2n) is 4.42. The molecule has 2 heterocycles. The highest BCUT2D eigenvalue weighted by Gasteiger charge is 2.28. The Balaban J connectivity index is 2.06. The van der Waals surface area contributed by atoms with Gasteiger partial charge >= 0.3 is 0 Å². The molecular weight excluding hydrogens is 288 g/mol. The Morgan fingerprint density at radius 2 is 1.89 bits per heavy atom. The maximum absolute atomic E-state index is 12.3. The molecule has 9 heteroatoms. The lowest BCUT2D eigenvalue weighted by Gasteiger charge is -2.33. The Labute approximate surface area is 116 Å². The van der Waals surface area contributed by atoms with Gasteiger partial charge in [-0.25, -0.2) is 13.4 Å². The van der Waals surface area contributed by atoms with Gasteiger partial charge in [0.2, 0.25) is 10.0 Å². The van der Waals surface area contributed by atoms with Gasteiger partial charge in [-0.2, -0.15) is 4.31 Å². The third-order valence-corrected chi connectivity index (χ3v) is 5.28. The van der Waals surface area contributed by atoms with E-state index in [0.717, 1.165) is 0 Å². The Kier molecular flexibility index (Phi) is 3.79. The summed E-state index contributed by atoms with van der Waals surface area (Å²) in [6.45, 7) is 3.19. The zero-order chi connectivity index (χ0) is 14.2. The molecule has 2 rings (SSSR count). The number of aryl methyl sites for hydroxylation is 1. The second kappa shape index (κ2) is 5.06. The number of sulfonamides is 1. The average Bonchev–Trinajstić information content (AvgIpc) is 2.66. The first-order valence-electron chi connectivity index (χ1n) is 5.76. The zero-order valence-electron chi connectivity index (χ0n) is 10.8. The lowest BCUT2D eigenvalue weighted by Crippen LogP contribution is -2.50. The molecule has 1 fully saturated rings. The van der Waals surface area contributed by atoms with Gasteiger partial charge in [0.15, 0.2) is 5.13 Å². The van der Waals surface area contributed by atoms with E-state index in [9.17, 15) is 13.2 Å². The summed E-state index contributed by atoms with van der Waals surface area (Å²) in [6, 6.07) is 0. The zero-order valence-corrected chi connectivity index (χ0v) is 12.4. The molecule has 0 bridgehead atoms. The normalized spacial score (nSPS) is 17.7. The number of hydrogen-bond donors (Lipinski definition) is 1. The molecule has 0 unspecified atom stereocenters. The van der Waals surface area contributed by atoms with Gasteiger partial charge in [-0.15, -0.1) is 0 Å².